The number of aromatic nitrogens is 2. The lowest BCUT2D eigenvalue weighted by Crippen LogP contribution is -2.42. The number of aromatic amines is 1. The molecular formula is C16H14N4O3. The minimum Gasteiger partial charge on any atom is -0.619 e. The highest BCUT2D eigenvalue weighted by Gasteiger charge is 2.11. The Hall–Kier alpha value is -3.35. The van der Waals surface area contributed by atoms with Crippen LogP contribution in [0.1, 0.15) is 15.9 Å². The van der Waals surface area contributed by atoms with Gasteiger partial charge >= 0.3 is 0 Å². The molecule has 3 rings (SSSR count). The second-order valence-electron chi connectivity index (χ2n) is 4.99. The van der Waals surface area contributed by atoms with E-state index in [1.165, 1.54) is 24.5 Å². The van der Waals surface area contributed by atoms with Crippen molar-refractivity contribution < 1.29 is 14.3 Å². The lowest BCUT2D eigenvalue weighted by molar-refractivity contribution is -0.605. The summed E-state index contributed by atoms with van der Waals surface area (Å²) in [5.74, 6) is -0.823. The molecule has 7 heteroatoms. The van der Waals surface area contributed by atoms with Crippen LogP contribution < -0.4 is 15.6 Å². The van der Waals surface area contributed by atoms with Crippen LogP contribution in [0.15, 0.2) is 55.0 Å². The number of benzene rings is 1. The van der Waals surface area contributed by atoms with Crippen molar-refractivity contribution in [3.8, 4) is 0 Å². The Balaban J connectivity index is 1.59. The summed E-state index contributed by atoms with van der Waals surface area (Å²) in [6.45, 7) is 0. The number of para-hydroxylation sites is 1. The number of fused-ring (bicyclic) bond motifs is 1. The number of rotatable bonds is 3. The van der Waals surface area contributed by atoms with Crippen molar-refractivity contribution in [1.29, 1.82) is 0 Å². The van der Waals surface area contributed by atoms with E-state index >= 15 is 0 Å². The largest absolute Gasteiger partial charge is 0.619 e. The Labute approximate surface area is 131 Å². The first kappa shape index (κ1) is 14.6. The molecule has 0 radical (unpaired) electrons. The molecule has 2 heterocycles. The maximum atomic E-state index is 12.0. The summed E-state index contributed by atoms with van der Waals surface area (Å²) < 4.78 is 0.576. The maximum Gasteiger partial charge on any atom is 0.270 e. The van der Waals surface area contributed by atoms with Gasteiger partial charge in [0.05, 0.1) is 12.0 Å². The number of hydrogen-bond acceptors (Lipinski definition) is 3. The summed E-state index contributed by atoms with van der Waals surface area (Å²) in [5, 5.41) is 11.9. The van der Waals surface area contributed by atoms with Crippen LogP contribution in [-0.4, -0.2) is 16.8 Å². The smallest absolute Gasteiger partial charge is 0.270 e. The number of hydrogen-bond donors (Lipinski definition) is 3. The van der Waals surface area contributed by atoms with Crippen LogP contribution in [-0.2, 0) is 11.2 Å². The fraction of sp³-hybridized carbons (Fsp3) is 0.0625. The first-order chi connectivity index (χ1) is 11.1. The molecule has 0 saturated heterocycles. The van der Waals surface area contributed by atoms with Crippen LogP contribution in [0.4, 0.5) is 0 Å². The number of hydrazine groups is 1. The Kier molecular flexibility index (Phi) is 3.92. The van der Waals surface area contributed by atoms with E-state index in [2.05, 4.69) is 15.8 Å². The maximum absolute atomic E-state index is 12.0. The van der Waals surface area contributed by atoms with Crippen molar-refractivity contribution >= 4 is 22.7 Å². The second-order valence-corrected chi connectivity index (χ2v) is 4.99. The number of H-pyrrole nitrogens is 1. The van der Waals surface area contributed by atoms with Gasteiger partial charge in [-0.15, -0.1) is 0 Å². The van der Waals surface area contributed by atoms with Gasteiger partial charge in [-0.2, -0.15) is 4.73 Å². The number of carbonyl (C=O) groups is 2. The second kappa shape index (κ2) is 6.18. The molecule has 7 nitrogen and oxygen atoms in total. The molecule has 2 aromatic heterocycles. The van der Waals surface area contributed by atoms with E-state index in [0.717, 1.165) is 16.5 Å². The van der Waals surface area contributed by atoms with Crippen molar-refractivity contribution in [2.24, 2.45) is 0 Å². The minimum absolute atomic E-state index is 0.139. The van der Waals surface area contributed by atoms with Gasteiger partial charge in [-0.05, 0) is 11.6 Å². The molecule has 2 amide bonds. The predicted octanol–water partition coefficient (Wildman–Crippen LogP) is 0.805. The fourth-order valence-corrected chi connectivity index (χ4v) is 2.26. The van der Waals surface area contributed by atoms with Gasteiger partial charge in [0, 0.05) is 29.2 Å². The molecular weight excluding hydrogens is 296 g/mol. The molecule has 116 valence electrons. The quantitative estimate of drug-likeness (QED) is 0.379. The third kappa shape index (κ3) is 3.29. The molecule has 0 aliphatic heterocycles. The monoisotopic (exact) mass is 310 g/mol. The van der Waals surface area contributed by atoms with E-state index in [4.69, 9.17) is 0 Å². The zero-order valence-corrected chi connectivity index (χ0v) is 12.1. The third-order valence-corrected chi connectivity index (χ3v) is 3.41. The Morgan fingerprint density at radius 3 is 2.61 bits per heavy atom. The van der Waals surface area contributed by atoms with Crippen LogP contribution in [0, 0.1) is 5.21 Å². The fourth-order valence-electron chi connectivity index (χ4n) is 2.26. The highest BCUT2D eigenvalue weighted by atomic mass is 16.5. The highest BCUT2D eigenvalue weighted by Crippen LogP contribution is 2.17. The SMILES string of the molecule is O=C(Cc1c[nH]c2ccccc12)NNC(=O)c1cc[n+]([O-])cc1. The van der Waals surface area contributed by atoms with Crippen molar-refractivity contribution in [2.75, 3.05) is 0 Å². The zero-order chi connectivity index (χ0) is 16.2. The molecule has 0 unspecified atom stereocenters. The number of amides is 2. The summed E-state index contributed by atoms with van der Waals surface area (Å²) in [5.41, 5.74) is 6.76. The van der Waals surface area contributed by atoms with Gasteiger partial charge in [0.1, 0.15) is 0 Å². The number of nitrogens with zero attached hydrogens (tertiary/aromatic N) is 1. The van der Waals surface area contributed by atoms with Gasteiger partial charge in [-0.3, -0.25) is 20.4 Å². The molecule has 0 aliphatic carbocycles. The summed E-state index contributed by atoms with van der Waals surface area (Å²) >= 11 is 0. The van der Waals surface area contributed by atoms with E-state index in [1.807, 2.05) is 24.3 Å². The van der Waals surface area contributed by atoms with Crippen LogP contribution >= 0.6 is 0 Å². The number of pyridine rings is 1. The van der Waals surface area contributed by atoms with E-state index in [-0.39, 0.29) is 17.9 Å². The summed E-state index contributed by atoms with van der Waals surface area (Å²) in [7, 11) is 0. The highest BCUT2D eigenvalue weighted by molar-refractivity contribution is 5.95. The average Bonchev–Trinajstić information content (AvgIpc) is 2.96. The van der Waals surface area contributed by atoms with Crippen molar-refractivity contribution in [1.82, 2.24) is 15.8 Å². The lowest BCUT2D eigenvalue weighted by Gasteiger charge is -2.07. The van der Waals surface area contributed by atoms with Crippen molar-refractivity contribution in [2.45, 2.75) is 6.42 Å². The summed E-state index contributed by atoms with van der Waals surface area (Å²) in [6.07, 6.45) is 4.33. The first-order valence-corrected chi connectivity index (χ1v) is 6.96. The molecule has 0 saturated carbocycles. The van der Waals surface area contributed by atoms with Crippen LogP contribution in [0.3, 0.4) is 0 Å². The van der Waals surface area contributed by atoms with Gasteiger partial charge in [-0.25, -0.2) is 0 Å². The van der Waals surface area contributed by atoms with E-state index in [0.29, 0.717) is 4.73 Å². The Morgan fingerprint density at radius 1 is 1.09 bits per heavy atom. The Bertz CT molecular complexity index is 855. The van der Waals surface area contributed by atoms with Crippen LogP contribution in [0.5, 0.6) is 0 Å². The molecule has 0 atom stereocenters. The van der Waals surface area contributed by atoms with Crippen LogP contribution in [0.2, 0.25) is 0 Å². The molecule has 23 heavy (non-hydrogen) atoms. The molecule has 1 aromatic carbocycles. The van der Waals surface area contributed by atoms with Gasteiger partial charge in [0.2, 0.25) is 5.91 Å². The van der Waals surface area contributed by atoms with E-state index in [9.17, 15) is 14.8 Å². The van der Waals surface area contributed by atoms with Crippen molar-refractivity contribution in [3.05, 3.63) is 71.3 Å². The van der Waals surface area contributed by atoms with Gasteiger partial charge in [0.25, 0.3) is 5.91 Å². The first-order valence-electron chi connectivity index (χ1n) is 6.96. The number of carbonyl (C=O) groups excluding carboxylic acids is 2. The van der Waals surface area contributed by atoms with Gasteiger partial charge in [-0.1, -0.05) is 18.2 Å². The molecule has 3 aromatic rings. The predicted molar refractivity (Wildman–Crippen MR) is 83.0 cm³/mol. The van der Waals surface area contributed by atoms with E-state index in [1.54, 1.807) is 6.20 Å². The standard InChI is InChI=1S/C16H14N4O3/c21-15(9-12-10-17-14-4-2-1-3-13(12)14)18-19-16(22)11-5-7-20(23)8-6-11/h1-8,10,17H,9H2,(H,18,21)(H,19,22). The molecule has 0 aliphatic rings. The Morgan fingerprint density at radius 2 is 1.83 bits per heavy atom. The average molecular weight is 310 g/mol. The number of nitrogens with one attached hydrogen (secondary N) is 3. The van der Waals surface area contributed by atoms with Crippen molar-refractivity contribution in [3.63, 3.8) is 0 Å². The molecule has 0 bridgehead atoms. The molecule has 0 fully saturated rings. The van der Waals surface area contributed by atoms with Crippen LogP contribution in [0.25, 0.3) is 10.9 Å². The lowest BCUT2D eigenvalue weighted by atomic mass is 10.1. The molecule has 0 spiro atoms. The normalized spacial score (nSPS) is 10.4. The minimum atomic E-state index is -0.488. The zero-order valence-electron chi connectivity index (χ0n) is 12.1. The van der Waals surface area contributed by atoms with Gasteiger partial charge in [0.15, 0.2) is 12.4 Å². The van der Waals surface area contributed by atoms with Gasteiger partial charge < -0.3 is 10.2 Å². The van der Waals surface area contributed by atoms with E-state index < -0.39 is 5.91 Å². The third-order valence-electron chi connectivity index (χ3n) is 3.41. The molecule has 3 N–H and O–H groups in total. The summed E-state index contributed by atoms with van der Waals surface area (Å²) in [4.78, 5) is 26.9. The topological polar surface area (TPSA) is 101 Å². The summed E-state index contributed by atoms with van der Waals surface area (Å²) in [6, 6.07) is 10.4.